The van der Waals surface area contributed by atoms with E-state index in [1.165, 1.54) is 17.5 Å². The van der Waals surface area contributed by atoms with Crippen LogP contribution in [0.5, 0.6) is 5.88 Å². The fourth-order valence-electron chi connectivity index (χ4n) is 3.90. The average molecular weight is 368 g/mol. The summed E-state index contributed by atoms with van der Waals surface area (Å²) in [5.74, 6) is 0.566. The largest absolute Gasteiger partial charge is 0.480 e. The lowest BCUT2D eigenvalue weighted by atomic mass is 10.1. The quantitative estimate of drug-likeness (QED) is 0.806. The summed E-state index contributed by atoms with van der Waals surface area (Å²) in [7, 11) is 0. The van der Waals surface area contributed by atoms with Crippen molar-refractivity contribution in [2.45, 2.75) is 37.8 Å². The van der Waals surface area contributed by atoms with Crippen molar-refractivity contribution in [3.63, 3.8) is 0 Å². The standard InChI is InChI=1S/C20H24N4O3/c25-20(26)12-24-7-5-17(6-8-24)27-19-11-18(21-13-22-19)23-16-9-14-3-1-2-4-15(14)10-16/h1-4,11,13,16-17H,5-10,12H2,(H,25,26)(H,21,22,23). The minimum absolute atomic E-state index is 0.0635. The number of benzene rings is 1. The number of carboxylic acid groups (broad SMARTS) is 1. The minimum Gasteiger partial charge on any atom is -0.480 e. The number of hydrogen-bond acceptors (Lipinski definition) is 6. The highest BCUT2D eigenvalue weighted by Gasteiger charge is 2.23. The first kappa shape index (κ1) is 17.7. The van der Waals surface area contributed by atoms with Crippen molar-refractivity contribution in [3.8, 4) is 5.88 Å². The highest BCUT2D eigenvalue weighted by molar-refractivity contribution is 5.69. The van der Waals surface area contributed by atoms with Crippen LogP contribution in [0.2, 0.25) is 0 Å². The van der Waals surface area contributed by atoms with E-state index >= 15 is 0 Å². The average Bonchev–Trinajstić information content (AvgIpc) is 3.05. The number of likely N-dealkylation sites (tertiary alicyclic amines) is 1. The monoisotopic (exact) mass is 368 g/mol. The predicted octanol–water partition coefficient (Wildman–Crippen LogP) is 1.98. The van der Waals surface area contributed by atoms with Crippen molar-refractivity contribution in [2.75, 3.05) is 25.0 Å². The molecule has 2 N–H and O–H groups in total. The van der Waals surface area contributed by atoms with Gasteiger partial charge in [0.15, 0.2) is 0 Å². The molecular weight excluding hydrogens is 344 g/mol. The third-order valence-corrected chi connectivity index (χ3v) is 5.23. The SMILES string of the molecule is O=C(O)CN1CCC(Oc2cc(NC3Cc4ccccc4C3)ncn2)CC1. The fourth-order valence-corrected chi connectivity index (χ4v) is 3.90. The van der Waals surface area contributed by atoms with Gasteiger partial charge in [0, 0.05) is 25.2 Å². The smallest absolute Gasteiger partial charge is 0.317 e. The lowest BCUT2D eigenvalue weighted by Crippen LogP contribution is -2.40. The van der Waals surface area contributed by atoms with Gasteiger partial charge in [-0.2, -0.15) is 0 Å². The van der Waals surface area contributed by atoms with Crippen molar-refractivity contribution in [1.82, 2.24) is 14.9 Å². The Bertz CT molecular complexity index is 780. The van der Waals surface area contributed by atoms with Gasteiger partial charge in [0.25, 0.3) is 0 Å². The molecule has 27 heavy (non-hydrogen) atoms. The molecule has 0 atom stereocenters. The molecule has 1 saturated heterocycles. The molecule has 4 rings (SSSR count). The first-order valence-corrected chi connectivity index (χ1v) is 9.42. The van der Waals surface area contributed by atoms with Gasteiger partial charge in [-0.15, -0.1) is 0 Å². The van der Waals surface area contributed by atoms with Crippen molar-refractivity contribution in [1.29, 1.82) is 0 Å². The zero-order valence-electron chi connectivity index (χ0n) is 15.2. The summed E-state index contributed by atoms with van der Waals surface area (Å²) in [5.41, 5.74) is 2.79. The predicted molar refractivity (Wildman–Crippen MR) is 101 cm³/mol. The molecule has 142 valence electrons. The van der Waals surface area contributed by atoms with E-state index in [0.29, 0.717) is 11.9 Å². The Morgan fingerprint density at radius 3 is 2.56 bits per heavy atom. The van der Waals surface area contributed by atoms with Gasteiger partial charge in [-0.25, -0.2) is 9.97 Å². The maximum atomic E-state index is 10.8. The van der Waals surface area contributed by atoms with Crippen molar-refractivity contribution < 1.29 is 14.6 Å². The van der Waals surface area contributed by atoms with Crippen molar-refractivity contribution in [3.05, 3.63) is 47.8 Å². The molecule has 0 spiro atoms. The Hall–Kier alpha value is -2.67. The molecule has 0 unspecified atom stereocenters. The normalized spacial score (nSPS) is 18.2. The van der Waals surface area contributed by atoms with Gasteiger partial charge in [-0.05, 0) is 36.8 Å². The number of anilines is 1. The molecule has 0 radical (unpaired) electrons. The van der Waals surface area contributed by atoms with Crippen LogP contribution in [-0.4, -0.2) is 57.7 Å². The Labute approximate surface area is 158 Å². The summed E-state index contributed by atoms with van der Waals surface area (Å²) in [5, 5.41) is 12.4. The van der Waals surface area contributed by atoms with Crippen LogP contribution in [0.4, 0.5) is 5.82 Å². The zero-order chi connectivity index (χ0) is 18.6. The molecule has 1 aromatic heterocycles. The molecule has 0 amide bonds. The number of ether oxygens (including phenoxy) is 1. The molecule has 7 nitrogen and oxygen atoms in total. The molecule has 1 aliphatic carbocycles. The van der Waals surface area contributed by atoms with Gasteiger partial charge in [0.2, 0.25) is 5.88 Å². The van der Waals surface area contributed by atoms with E-state index in [-0.39, 0.29) is 12.6 Å². The molecule has 1 fully saturated rings. The van der Waals surface area contributed by atoms with Gasteiger partial charge in [-0.1, -0.05) is 24.3 Å². The number of rotatable bonds is 6. The number of aliphatic carboxylic acids is 1. The van der Waals surface area contributed by atoms with Crippen molar-refractivity contribution in [2.24, 2.45) is 0 Å². The number of carbonyl (C=O) groups is 1. The summed E-state index contributed by atoms with van der Waals surface area (Å²) in [6, 6.07) is 10.7. The van der Waals surface area contributed by atoms with E-state index in [2.05, 4.69) is 39.6 Å². The third kappa shape index (κ3) is 4.54. The number of carboxylic acids is 1. The zero-order valence-corrected chi connectivity index (χ0v) is 15.2. The van der Waals surface area contributed by atoms with Gasteiger partial charge in [0.1, 0.15) is 18.2 Å². The molecule has 0 saturated carbocycles. The van der Waals surface area contributed by atoms with Crippen LogP contribution in [0.25, 0.3) is 0 Å². The number of aromatic nitrogens is 2. The minimum atomic E-state index is -0.782. The van der Waals surface area contributed by atoms with E-state index < -0.39 is 5.97 Å². The highest BCUT2D eigenvalue weighted by atomic mass is 16.5. The van der Waals surface area contributed by atoms with Crippen LogP contribution in [0.15, 0.2) is 36.7 Å². The second-order valence-electron chi connectivity index (χ2n) is 7.25. The van der Waals surface area contributed by atoms with Crippen LogP contribution in [0.1, 0.15) is 24.0 Å². The van der Waals surface area contributed by atoms with Gasteiger partial charge in [0.05, 0.1) is 6.54 Å². The van der Waals surface area contributed by atoms with E-state index in [4.69, 9.17) is 9.84 Å². The Morgan fingerprint density at radius 1 is 1.19 bits per heavy atom. The second kappa shape index (κ2) is 7.92. The van der Waals surface area contributed by atoms with E-state index in [9.17, 15) is 4.79 Å². The van der Waals surface area contributed by atoms with Gasteiger partial charge >= 0.3 is 5.97 Å². The van der Waals surface area contributed by atoms with Gasteiger partial charge < -0.3 is 15.2 Å². The second-order valence-corrected chi connectivity index (χ2v) is 7.25. The maximum absolute atomic E-state index is 10.8. The van der Waals surface area contributed by atoms with E-state index in [0.717, 1.165) is 44.6 Å². The highest BCUT2D eigenvalue weighted by Crippen LogP contribution is 2.25. The Morgan fingerprint density at radius 2 is 1.89 bits per heavy atom. The number of piperidine rings is 1. The summed E-state index contributed by atoms with van der Waals surface area (Å²) in [6.45, 7) is 1.55. The number of hydrogen-bond donors (Lipinski definition) is 2. The van der Waals surface area contributed by atoms with Crippen molar-refractivity contribution >= 4 is 11.8 Å². The molecule has 1 aromatic carbocycles. The lowest BCUT2D eigenvalue weighted by molar-refractivity contribution is -0.138. The van der Waals surface area contributed by atoms with Crippen LogP contribution in [0.3, 0.4) is 0 Å². The Kier molecular flexibility index (Phi) is 5.20. The fraction of sp³-hybridized carbons (Fsp3) is 0.450. The van der Waals surface area contributed by atoms with E-state index in [1.807, 2.05) is 11.0 Å². The summed E-state index contributed by atoms with van der Waals surface area (Å²) in [4.78, 5) is 21.3. The third-order valence-electron chi connectivity index (χ3n) is 5.23. The molecule has 2 aromatic rings. The van der Waals surface area contributed by atoms with E-state index in [1.54, 1.807) is 0 Å². The molecule has 2 aliphatic rings. The molecule has 1 aliphatic heterocycles. The molecule has 7 heteroatoms. The number of nitrogens with zero attached hydrogens (tertiary/aromatic N) is 3. The van der Waals surface area contributed by atoms with Crippen LogP contribution in [0, 0.1) is 0 Å². The maximum Gasteiger partial charge on any atom is 0.317 e. The van der Waals surface area contributed by atoms with Crippen LogP contribution in [-0.2, 0) is 17.6 Å². The molecular formula is C20H24N4O3. The van der Waals surface area contributed by atoms with Crippen LogP contribution < -0.4 is 10.1 Å². The lowest BCUT2D eigenvalue weighted by Gasteiger charge is -2.30. The molecule has 2 heterocycles. The first-order valence-electron chi connectivity index (χ1n) is 9.42. The summed E-state index contributed by atoms with van der Waals surface area (Å²) in [6.07, 6.45) is 5.19. The first-order chi connectivity index (χ1) is 13.2. The Balaban J connectivity index is 1.30. The summed E-state index contributed by atoms with van der Waals surface area (Å²) >= 11 is 0. The van der Waals surface area contributed by atoms with Gasteiger partial charge in [-0.3, -0.25) is 9.69 Å². The summed E-state index contributed by atoms with van der Waals surface area (Å²) < 4.78 is 6.01. The molecule has 0 bridgehead atoms. The number of nitrogens with one attached hydrogen (secondary N) is 1. The topological polar surface area (TPSA) is 87.6 Å². The van der Waals surface area contributed by atoms with Crippen LogP contribution >= 0.6 is 0 Å². The number of fused-ring (bicyclic) bond motifs is 1.